The molecule has 1 aromatic heterocycles. The number of rotatable bonds is 4. The van der Waals surface area contributed by atoms with Crippen molar-refractivity contribution >= 4 is 55.1 Å². The van der Waals surface area contributed by atoms with E-state index in [1.165, 1.54) is 6.20 Å². The number of carbonyl (C=O) groups is 1. The largest absolute Gasteiger partial charge is 0.482 e. The van der Waals surface area contributed by atoms with Gasteiger partial charge in [0, 0.05) is 4.47 Å². The van der Waals surface area contributed by atoms with Crippen LogP contribution in [0.1, 0.15) is 5.56 Å². The number of nitrogens with zero attached hydrogens (tertiary/aromatic N) is 1. The second-order valence-corrected chi connectivity index (χ2v) is 6.40. The van der Waals surface area contributed by atoms with E-state index in [1.807, 2.05) is 19.1 Å². The van der Waals surface area contributed by atoms with Crippen LogP contribution in [0.15, 0.2) is 39.4 Å². The van der Waals surface area contributed by atoms with Gasteiger partial charge in [-0.1, -0.05) is 27.5 Å². The van der Waals surface area contributed by atoms with E-state index in [-0.39, 0.29) is 12.5 Å². The lowest BCUT2D eigenvalue weighted by atomic mass is 10.2. The molecule has 0 atom stereocenters. The molecule has 0 spiro atoms. The monoisotopic (exact) mass is 432 g/mol. The Morgan fingerprint density at radius 1 is 1.38 bits per heavy atom. The van der Waals surface area contributed by atoms with Crippen LogP contribution in [0.5, 0.6) is 5.75 Å². The number of amides is 1. The average molecular weight is 435 g/mol. The highest BCUT2D eigenvalue weighted by Crippen LogP contribution is 2.32. The van der Waals surface area contributed by atoms with Gasteiger partial charge >= 0.3 is 0 Å². The first-order chi connectivity index (χ1) is 9.95. The van der Waals surface area contributed by atoms with Crippen molar-refractivity contribution in [3.8, 4) is 5.75 Å². The van der Waals surface area contributed by atoms with Crippen LogP contribution in [0.25, 0.3) is 0 Å². The lowest BCUT2D eigenvalue weighted by Crippen LogP contribution is -2.20. The van der Waals surface area contributed by atoms with Gasteiger partial charge in [-0.05, 0) is 52.7 Å². The van der Waals surface area contributed by atoms with Gasteiger partial charge in [-0.25, -0.2) is 4.98 Å². The molecule has 0 saturated heterocycles. The van der Waals surface area contributed by atoms with E-state index in [0.29, 0.717) is 16.6 Å². The zero-order valence-corrected chi connectivity index (χ0v) is 14.9. The number of aryl methyl sites for hydroxylation is 1. The number of anilines is 1. The molecule has 0 radical (unpaired) electrons. The lowest BCUT2D eigenvalue weighted by molar-refractivity contribution is -0.118. The Labute approximate surface area is 144 Å². The first-order valence-electron chi connectivity index (χ1n) is 5.95. The number of nitrogens with one attached hydrogen (secondary N) is 1. The molecule has 1 aromatic carbocycles. The molecule has 0 bridgehead atoms. The van der Waals surface area contributed by atoms with Crippen molar-refractivity contribution in [2.45, 2.75) is 6.92 Å². The third-order valence-electron chi connectivity index (χ3n) is 2.55. The van der Waals surface area contributed by atoms with E-state index >= 15 is 0 Å². The molecule has 7 heteroatoms. The topological polar surface area (TPSA) is 51.2 Å². The summed E-state index contributed by atoms with van der Waals surface area (Å²) >= 11 is 12.5. The first kappa shape index (κ1) is 16.3. The summed E-state index contributed by atoms with van der Waals surface area (Å²) < 4.78 is 7.28. The standard InChI is InChI=1S/C14H11Br2ClN2O2/c1-8-4-9(15)5-11(16)14(8)21-7-13(20)19-10-2-3-12(17)18-6-10/h2-6H,7H2,1H3,(H,19,20). The fraction of sp³-hybridized carbons (Fsp3) is 0.143. The predicted octanol–water partition coefficient (Wildman–Crippen LogP) is 4.59. The summed E-state index contributed by atoms with van der Waals surface area (Å²) in [5.41, 5.74) is 1.50. The Bertz CT molecular complexity index is 640. The molecule has 0 aliphatic rings. The Hall–Kier alpha value is -1.11. The molecular formula is C14H11Br2ClN2O2. The maximum Gasteiger partial charge on any atom is 0.262 e. The van der Waals surface area contributed by atoms with Crippen LogP contribution in [0.4, 0.5) is 5.69 Å². The van der Waals surface area contributed by atoms with Crippen LogP contribution in [-0.4, -0.2) is 17.5 Å². The summed E-state index contributed by atoms with van der Waals surface area (Å²) in [6.45, 7) is 1.82. The van der Waals surface area contributed by atoms with E-state index in [4.69, 9.17) is 16.3 Å². The molecular weight excluding hydrogens is 423 g/mol. The molecule has 110 valence electrons. The molecule has 0 unspecified atom stereocenters. The fourth-order valence-corrected chi connectivity index (χ4v) is 3.32. The molecule has 21 heavy (non-hydrogen) atoms. The number of ether oxygens (including phenoxy) is 1. The number of halogens is 3. The highest BCUT2D eigenvalue weighted by Gasteiger charge is 2.10. The number of hydrogen-bond donors (Lipinski definition) is 1. The highest BCUT2D eigenvalue weighted by atomic mass is 79.9. The summed E-state index contributed by atoms with van der Waals surface area (Å²) in [6.07, 6.45) is 1.49. The molecule has 2 aromatic rings. The van der Waals surface area contributed by atoms with Crippen molar-refractivity contribution in [3.05, 3.63) is 50.1 Å². The van der Waals surface area contributed by atoms with Crippen molar-refractivity contribution in [2.24, 2.45) is 0 Å². The van der Waals surface area contributed by atoms with Gasteiger partial charge in [-0.2, -0.15) is 0 Å². The summed E-state index contributed by atoms with van der Waals surface area (Å²) in [7, 11) is 0. The smallest absolute Gasteiger partial charge is 0.262 e. The molecule has 1 heterocycles. The minimum atomic E-state index is -0.270. The number of benzene rings is 1. The molecule has 1 amide bonds. The molecule has 2 rings (SSSR count). The Morgan fingerprint density at radius 2 is 2.14 bits per heavy atom. The second kappa shape index (κ2) is 7.24. The SMILES string of the molecule is Cc1cc(Br)cc(Br)c1OCC(=O)Nc1ccc(Cl)nc1. The van der Waals surface area contributed by atoms with Gasteiger partial charge in [0.05, 0.1) is 16.4 Å². The van der Waals surface area contributed by atoms with Crippen LogP contribution < -0.4 is 10.1 Å². The minimum absolute atomic E-state index is 0.0936. The Morgan fingerprint density at radius 3 is 2.76 bits per heavy atom. The van der Waals surface area contributed by atoms with Gasteiger partial charge in [0.1, 0.15) is 10.9 Å². The predicted molar refractivity (Wildman–Crippen MR) is 90.0 cm³/mol. The van der Waals surface area contributed by atoms with Gasteiger partial charge in [-0.15, -0.1) is 0 Å². The maximum atomic E-state index is 11.8. The lowest BCUT2D eigenvalue weighted by Gasteiger charge is -2.11. The van der Waals surface area contributed by atoms with Crippen molar-refractivity contribution in [2.75, 3.05) is 11.9 Å². The number of pyridine rings is 1. The normalized spacial score (nSPS) is 10.3. The van der Waals surface area contributed by atoms with E-state index in [1.54, 1.807) is 12.1 Å². The number of aromatic nitrogens is 1. The molecule has 0 saturated carbocycles. The van der Waals surface area contributed by atoms with Crippen molar-refractivity contribution < 1.29 is 9.53 Å². The van der Waals surface area contributed by atoms with Gasteiger partial charge in [0.15, 0.2) is 6.61 Å². The average Bonchev–Trinajstić information content (AvgIpc) is 2.40. The molecule has 0 fully saturated rings. The van der Waals surface area contributed by atoms with Gasteiger partial charge in [0.25, 0.3) is 5.91 Å². The maximum absolute atomic E-state index is 11.8. The third kappa shape index (κ3) is 4.69. The van der Waals surface area contributed by atoms with Crippen molar-refractivity contribution in [3.63, 3.8) is 0 Å². The fourth-order valence-electron chi connectivity index (χ4n) is 1.66. The van der Waals surface area contributed by atoms with Crippen molar-refractivity contribution in [1.82, 2.24) is 4.98 Å². The van der Waals surface area contributed by atoms with Crippen LogP contribution in [0.2, 0.25) is 5.15 Å². The highest BCUT2D eigenvalue weighted by molar-refractivity contribution is 9.11. The van der Waals surface area contributed by atoms with E-state index in [9.17, 15) is 4.79 Å². The summed E-state index contributed by atoms with van der Waals surface area (Å²) in [6, 6.07) is 7.06. The van der Waals surface area contributed by atoms with Gasteiger partial charge in [-0.3, -0.25) is 4.79 Å². The van der Waals surface area contributed by atoms with E-state index in [0.717, 1.165) is 14.5 Å². The zero-order valence-electron chi connectivity index (χ0n) is 11.0. The zero-order chi connectivity index (χ0) is 15.4. The van der Waals surface area contributed by atoms with Crippen LogP contribution in [-0.2, 0) is 4.79 Å². The molecule has 0 aliphatic carbocycles. The van der Waals surface area contributed by atoms with E-state index < -0.39 is 0 Å². The van der Waals surface area contributed by atoms with Gasteiger partial charge < -0.3 is 10.1 Å². The van der Waals surface area contributed by atoms with Gasteiger partial charge in [0.2, 0.25) is 0 Å². The Balaban J connectivity index is 1.97. The quantitative estimate of drug-likeness (QED) is 0.717. The summed E-state index contributed by atoms with van der Waals surface area (Å²) in [4.78, 5) is 15.7. The van der Waals surface area contributed by atoms with Crippen LogP contribution in [0, 0.1) is 6.92 Å². The van der Waals surface area contributed by atoms with Crippen molar-refractivity contribution in [1.29, 1.82) is 0 Å². The molecule has 4 nitrogen and oxygen atoms in total. The summed E-state index contributed by atoms with van der Waals surface area (Å²) in [5.74, 6) is 0.371. The first-order valence-corrected chi connectivity index (χ1v) is 7.92. The minimum Gasteiger partial charge on any atom is -0.482 e. The van der Waals surface area contributed by atoms with E-state index in [2.05, 4.69) is 42.2 Å². The third-order valence-corrected chi connectivity index (χ3v) is 3.82. The number of carbonyl (C=O) groups excluding carboxylic acids is 1. The van der Waals surface area contributed by atoms with Crippen LogP contribution >= 0.6 is 43.5 Å². The Kier molecular flexibility index (Phi) is 5.61. The number of hydrogen-bond acceptors (Lipinski definition) is 3. The summed E-state index contributed by atoms with van der Waals surface area (Å²) in [5, 5.41) is 3.05. The molecule has 1 N–H and O–H groups in total. The van der Waals surface area contributed by atoms with Crippen LogP contribution in [0.3, 0.4) is 0 Å². The molecule has 0 aliphatic heterocycles. The second-order valence-electron chi connectivity index (χ2n) is 4.24.